The highest BCUT2D eigenvalue weighted by Gasteiger charge is 2.25. The molecule has 0 unspecified atom stereocenters. The molecule has 0 spiro atoms. The molecule has 0 radical (unpaired) electrons. The summed E-state index contributed by atoms with van der Waals surface area (Å²) in [6, 6.07) is 9.74. The van der Waals surface area contributed by atoms with Crippen molar-refractivity contribution in [3.05, 3.63) is 57.8 Å². The van der Waals surface area contributed by atoms with Crippen LogP contribution in [0.3, 0.4) is 0 Å². The molecule has 1 aliphatic rings. The molecule has 23 heavy (non-hydrogen) atoms. The third-order valence-corrected chi connectivity index (χ3v) is 4.60. The maximum atomic E-state index is 13.0. The highest BCUT2D eigenvalue weighted by Crippen LogP contribution is 2.37. The van der Waals surface area contributed by atoms with E-state index in [2.05, 4.69) is 10.6 Å². The van der Waals surface area contributed by atoms with Crippen LogP contribution in [0.2, 0.25) is 0 Å². The first-order chi connectivity index (χ1) is 10.9. The summed E-state index contributed by atoms with van der Waals surface area (Å²) in [5, 5.41) is 1.53. The molecule has 2 heterocycles. The normalized spacial score (nSPS) is 15.7. The molecule has 1 aromatic heterocycles. The van der Waals surface area contributed by atoms with Gasteiger partial charge < -0.3 is 9.30 Å². The Morgan fingerprint density at radius 1 is 1.17 bits per heavy atom. The zero-order valence-electron chi connectivity index (χ0n) is 13.8. The fourth-order valence-electron chi connectivity index (χ4n) is 3.48. The quantitative estimate of drug-likeness (QED) is 0.583. The standard InChI is InChI=1S/C20H19NO2/c1-12-11-16-14(9-10-20(2,3)23-16)18-17(12)19(22)13-7-5-6-8-15(13)21(18)4/h5-11H,1-4H3. The van der Waals surface area contributed by atoms with Gasteiger partial charge in [0.05, 0.1) is 16.4 Å². The number of rotatable bonds is 0. The van der Waals surface area contributed by atoms with Crippen LogP contribution < -0.4 is 10.2 Å². The van der Waals surface area contributed by atoms with Gasteiger partial charge >= 0.3 is 0 Å². The van der Waals surface area contributed by atoms with Gasteiger partial charge in [0, 0.05) is 18.0 Å². The zero-order chi connectivity index (χ0) is 16.4. The number of aryl methyl sites for hydroxylation is 2. The average Bonchev–Trinajstić information content (AvgIpc) is 2.50. The SMILES string of the molecule is Cc1cc2c(c3c1c(=O)c1ccccc1n3C)C=CC(C)(C)O2. The van der Waals surface area contributed by atoms with Crippen molar-refractivity contribution in [2.24, 2.45) is 7.05 Å². The van der Waals surface area contributed by atoms with E-state index in [1.165, 1.54) is 0 Å². The van der Waals surface area contributed by atoms with Gasteiger partial charge in [0.15, 0.2) is 5.43 Å². The molecule has 0 saturated heterocycles. The molecule has 116 valence electrons. The fraction of sp³-hybridized carbons (Fsp3) is 0.250. The molecule has 3 heteroatoms. The van der Waals surface area contributed by atoms with Gasteiger partial charge in [-0.2, -0.15) is 0 Å². The van der Waals surface area contributed by atoms with Crippen LogP contribution in [0.4, 0.5) is 0 Å². The highest BCUT2D eigenvalue weighted by atomic mass is 16.5. The number of hydrogen-bond donors (Lipinski definition) is 0. The van der Waals surface area contributed by atoms with Crippen LogP contribution in [0.5, 0.6) is 5.75 Å². The number of aromatic nitrogens is 1. The second kappa shape index (κ2) is 4.48. The molecule has 3 aromatic rings. The molecule has 0 fully saturated rings. The van der Waals surface area contributed by atoms with Crippen LogP contribution in [0, 0.1) is 6.92 Å². The summed E-state index contributed by atoms with van der Waals surface area (Å²) in [5.41, 5.74) is 3.58. The fourth-order valence-corrected chi connectivity index (χ4v) is 3.48. The molecule has 0 amide bonds. The van der Waals surface area contributed by atoms with Gasteiger partial charge in [0.1, 0.15) is 11.4 Å². The molecule has 0 N–H and O–H groups in total. The lowest BCUT2D eigenvalue weighted by Gasteiger charge is -2.29. The Hall–Kier alpha value is -2.55. The molecule has 0 aliphatic carbocycles. The largest absolute Gasteiger partial charge is 0.483 e. The summed E-state index contributed by atoms with van der Waals surface area (Å²) >= 11 is 0. The Morgan fingerprint density at radius 2 is 1.91 bits per heavy atom. The number of pyridine rings is 1. The molecular weight excluding hydrogens is 286 g/mol. The van der Waals surface area contributed by atoms with Gasteiger partial charge in [-0.15, -0.1) is 0 Å². The van der Waals surface area contributed by atoms with E-state index in [0.717, 1.165) is 38.7 Å². The molecule has 2 aromatic carbocycles. The summed E-state index contributed by atoms with van der Waals surface area (Å²) in [4.78, 5) is 13.0. The van der Waals surface area contributed by atoms with Crippen LogP contribution in [0.15, 0.2) is 41.2 Å². The molecule has 0 bridgehead atoms. The maximum absolute atomic E-state index is 13.0. The van der Waals surface area contributed by atoms with Gasteiger partial charge in [0.2, 0.25) is 0 Å². The van der Waals surface area contributed by atoms with Gasteiger partial charge in [0.25, 0.3) is 0 Å². The number of para-hydroxylation sites is 1. The summed E-state index contributed by atoms with van der Waals surface area (Å²) in [7, 11) is 2.01. The first kappa shape index (κ1) is 14.1. The number of nitrogens with zero attached hydrogens (tertiary/aromatic N) is 1. The summed E-state index contributed by atoms with van der Waals surface area (Å²) in [5.74, 6) is 0.841. The highest BCUT2D eigenvalue weighted by molar-refractivity contribution is 6.00. The maximum Gasteiger partial charge on any atom is 0.197 e. The van der Waals surface area contributed by atoms with E-state index in [9.17, 15) is 4.79 Å². The van der Waals surface area contributed by atoms with Crippen LogP contribution in [-0.2, 0) is 7.05 Å². The van der Waals surface area contributed by atoms with Gasteiger partial charge in [-0.05, 0) is 56.7 Å². The van der Waals surface area contributed by atoms with E-state index in [1.807, 2.05) is 64.2 Å². The van der Waals surface area contributed by atoms with Crippen molar-refractivity contribution >= 4 is 27.9 Å². The molecule has 0 saturated carbocycles. The van der Waals surface area contributed by atoms with E-state index < -0.39 is 0 Å². The van der Waals surface area contributed by atoms with Crippen LogP contribution in [0.25, 0.3) is 27.9 Å². The van der Waals surface area contributed by atoms with Crippen molar-refractivity contribution in [1.82, 2.24) is 4.57 Å². The number of fused-ring (bicyclic) bond motifs is 4. The van der Waals surface area contributed by atoms with Crippen LogP contribution >= 0.6 is 0 Å². The summed E-state index contributed by atoms with van der Waals surface area (Å²) in [6.45, 7) is 6.05. The molecular formula is C20H19NO2. The zero-order valence-corrected chi connectivity index (χ0v) is 13.8. The third kappa shape index (κ3) is 1.93. The Labute approximate surface area is 134 Å². The molecule has 0 atom stereocenters. The Kier molecular flexibility index (Phi) is 2.74. The Balaban J connectivity index is 2.26. The first-order valence-corrected chi connectivity index (χ1v) is 7.82. The van der Waals surface area contributed by atoms with E-state index in [-0.39, 0.29) is 11.0 Å². The van der Waals surface area contributed by atoms with Crippen LogP contribution in [0.1, 0.15) is 25.0 Å². The predicted octanol–water partition coefficient (Wildman–Crippen LogP) is 4.18. The minimum atomic E-state index is -0.331. The van der Waals surface area contributed by atoms with E-state index >= 15 is 0 Å². The van der Waals surface area contributed by atoms with Crippen LogP contribution in [-0.4, -0.2) is 10.2 Å². The lowest BCUT2D eigenvalue weighted by atomic mass is 9.96. The molecule has 1 aliphatic heterocycles. The summed E-state index contributed by atoms with van der Waals surface area (Å²) < 4.78 is 8.21. The Bertz CT molecular complexity index is 1050. The molecule has 3 nitrogen and oxygen atoms in total. The number of benzene rings is 2. The van der Waals surface area contributed by atoms with Crippen molar-refractivity contribution in [2.45, 2.75) is 26.4 Å². The third-order valence-electron chi connectivity index (χ3n) is 4.60. The van der Waals surface area contributed by atoms with Crippen molar-refractivity contribution in [1.29, 1.82) is 0 Å². The van der Waals surface area contributed by atoms with Gasteiger partial charge in [-0.25, -0.2) is 0 Å². The van der Waals surface area contributed by atoms with Crippen molar-refractivity contribution < 1.29 is 4.74 Å². The van der Waals surface area contributed by atoms with E-state index in [1.54, 1.807) is 0 Å². The second-order valence-corrected chi connectivity index (χ2v) is 6.77. The summed E-state index contributed by atoms with van der Waals surface area (Å²) in [6.07, 6.45) is 4.12. The number of hydrogen-bond acceptors (Lipinski definition) is 2. The van der Waals surface area contributed by atoms with E-state index in [4.69, 9.17) is 4.74 Å². The van der Waals surface area contributed by atoms with Crippen molar-refractivity contribution in [3.8, 4) is 5.75 Å². The minimum absolute atomic E-state index is 0.0900. The monoisotopic (exact) mass is 305 g/mol. The molecule has 4 rings (SSSR count). The van der Waals surface area contributed by atoms with E-state index in [0.29, 0.717) is 0 Å². The lowest BCUT2D eigenvalue weighted by Crippen LogP contribution is -2.28. The second-order valence-electron chi connectivity index (χ2n) is 6.77. The lowest BCUT2D eigenvalue weighted by molar-refractivity contribution is 0.159. The van der Waals surface area contributed by atoms with Crippen molar-refractivity contribution in [2.75, 3.05) is 0 Å². The van der Waals surface area contributed by atoms with Gasteiger partial charge in [-0.3, -0.25) is 4.79 Å². The first-order valence-electron chi connectivity index (χ1n) is 7.82. The smallest absolute Gasteiger partial charge is 0.197 e. The van der Waals surface area contributed by atoms with Crippen molar-refractivity contribution in [3.63, 3.8) is 0 Å². The van der Waals surface area contributed by atoms with Gasteiger partial charge in [-0.1, -0.05) is 12.1 Å². The average molecular weight is 305 g/mol. The topological polar surface area (TPSA) is 31.2 Å². The number of ether oxygens (including phenoxy) is 1. The predicted molar refractivity (Wildman–Crippen MR) is 95.2 cm³/mol. The minimum Gasteiger partial charge on any atom is -0.483 e. The Morgan fingerprint density at radius 3 is 2.70 bits per heavy atom.